The van der Waals surface area contributed by atoms with E-state index in [1.165, 1.54) is 16.2 Å². The normalized spacial score (nSPS) is 11.9. The van der Waals surface area contributed by atoms with Crippen LogP contribution in [0.2, 0.25) is 0 Å². The van der Waals surface area contributed by atoms with Crippen LogP contribution in [0.5, 0.6) is 0 Å². The Bertz CT molecular complexity index is 1140. The fraction of sp³-hybridized carbons (Fsp3) is 0.300. The lowest BCUT2D eigenvalue weighted by atomic mass is 9.93. The fourth-order valence-electron chi connectivity index (χ4n) is 2.87. The van der Waals surface area contributed by atoms with Crippen molar-refractivity contribution in [3.63, 3.8) is 0 Å². The number of hydrogen-bond acceptors (Lipinski definition) is 6. The molecular formula is C20H21N5OS2. The maximum Gasteiger partial charge on any atom is 0.258 e. The van der Waals surface area contributed by atoms with Gasteiger partial charge in [-0.1, -0.05) is 26.8 Å². The predicted molar refractivity (Wildman–Crippen MR) is 114 cm³/mol. The van der Waals surface area contributed by atoms with Gasteiger partial charge in [-0.05, 0) is 24.4 Å². The van der Waals surface area contributed by atoms with E-state index in [1.54, 1.807) is 23.6 Å². The average Bonchev–Trinajstić information content (AvgIpc) is 3.36. The molecular weight excluding hydrogens is 390 g/mol. The van der Waals surface area contributed by atoms with Crippen LogP contribution in [0.15, 0.2) is 35.2 Å². The molecule has 8 heteroatoms. The first-order chi connectivity index (χ1) is 13.3. The third kappa shape index (κ3) is 3.70. The van der Waals surface area contributed by atoms with Crippen LogP contribution in [0.25, 0.3) is 11.0 Å². The van der Waals surface area contributed by atoms with Crippen LogP contribution in [0.3, 0.4) is 0 Å². The van der Waals surface area contributed by atoms with E-state index in [1.807, 2.05) is 28.4 Å². The molecule has 0 aliphatic carbocycles. The number of thiophene rings is 1. The molecule has 6 nitrogen and oxygen atoms in total. The Hall–Kier alpha value is -2.58. The minimum absolute atomic E-state index is 0.0526. The second-order valence-corrected chi connectivity index (χ2v) is 9.56. The van der Waals surface area contributed by atoms with Gasteiger partial charge < -0.3 is 0 Å². The number of anilines is 1. The van der Waals surface area contributed by atoms with Crippen LogP contribution in [-0.4, -0.2) is 25.7 Å². The van der Waals surface area contributed by atoms with Crippen molar-refractivity contribution in [1.82, 2.24) is 19.7 Å². The molecule has 0 fully saturated rings. The number of hydrogen-bond donors (Lipinski definition) is 1. The number of aromatic nitrogens is 4. The van der Waals surface area contributed by atoms with E-state index in [0.717, 1.165) is 16.8 Å². The van der Waals surface area contributed by atoms with Crippen molar-refractivity contribution in [2.75, 3.05) is 5.32 Å². The second-order valence-electron chi connectivity index (χ2n) is 7.67. The Morgan fingerprint density at radius 2 is 2.07 bits per heavy atom. The fourth-order valence-corrected chi connectivity index (χ4v) is 4.48. The van der Waals surface area contributed by atoms with Gasteiger partial charge >= 0.3 is 0 Å². The summed E-state index contributed by atoms with van der Waals surface area (Å²) >= 11 is 3.11. The Morgan fingerprint density at radius 3 is 2.75 bits per heavy atom. The smallest absolute Gasteiger partial charge is 0.258 e. The van der Waals surface area contributed by atoms with E-state index in [2.05, 4.69) is 47.2 Å². The molecule has 1 amide bonds. The summed E-state index contributed by atoms with van der Waals surface area (Å²) in [5.74, 6) is -0.194. The Labute approximate surface area is 171 Å². The number of nitrogens with one attached hydrogen (secondary N) is 1. The summed E-state index contributed by atoms with van der Waals surface area (Å²) in [6, 6.07) is 5.88. The zero-order valence-corrected chi connectivity index (χ0v) is 17.8. The van der Waals surface area contributed by atoms with Gasteiger partial charge in [-0.3, -0.25) is 10.1 Å². The average molecular weight is 412 g/mol. The number of carbonyl (C=O) groups is 1. The minimum Gasteiger partial charge on any atom is -0.298 e. The SMILES string of the molecule is Cc1cc(C(=O)Nc2nc(C(C)(C)C)cs2)c2cnn(Cc3cccs3)c2n1. The third-order valence-corrected chi connectivity index (χ3v) is 5.98. The van der Waals surface area contributed by atoms with Gasteiger partial charge in [0.1, 0.15) is 0 Å². The maximum absolute atomic E-state index is 13.0. The monoisotopic (exact) mass is 411 g/mol. The van der Waals surface area contributed by atoms with Crippen molar-refractivity contribution in [2.24, 2.45) is 0 Å². The Kier molecular flexibility index (Phi) is 4.76. The first-order valence-corrected chi connectivity index (χ1v) is 10.7. The first-order valence-electron chi connectivity index (χ1n) is 8.94. The van der Waals surface area contributed by atoms with Crippen molar-refractivity contribution in [1.29, 1.82) is 0 Å². The van der Waals surface area contributed by atoms with Gasteiger partial charge in [0.15, 0.2) is 10.8 Å². The molecule has 0 radical (unpaired) electrons. The number of aryl methyl sites for hydroxylation is 1. The van der Waals surface area contributed by atoms with Crippen molar-refractivity contribution in [3.05, 3.63) is 57.0 Å². The summed E-state index contributed by atoms with van der Waals surface area (Å²) in [6.45, 7) is 8.84. The predicted octanol–water partition coefficient (Wildman–Crippen LogP) is 4.86. The van der Waals surface area contributed by atoms with Crippen LogP contribution in [0.1, 0.15) is 47.4 Å². The zero-order chi connectivity index (χ0) is 19.9. The lowest BCUT2D eigenvalue weighted by Crippen LogP contribution is -2.15. The molecule has 4 heterocycles. The van der Waals surface area contributed by atoms with Crippen LogP contribution < -0.4 is 5.32 Å². The van der Waals surface area contributed by atoms with Crippen LogP contribution in [0, 0.1) is 6.92 Å². The summed E-state index contributed by atoms with van der Waals surface area (Å²) in [5.41, 5.74) is 2.97. The summed E-state index contributed by atoms with van der Waals surface area (Å²) in [5, 5.41) is 12.8. The molecule has 0 aliphatic rings. The molecule has 0 bridgehead atoms. The molecule has 0 spiro atoms. The third-order valence-electron chi connectivity index (χ3n) is 4.36. The van der Waals surface area contributed by atoms with Gasteiger partial charge in [0.2, 0.25) is 0 Å². The zero-order valence-electron chi connectivity index (χ0n) is 16.2. The number of rotatable bonds is 4. The van der Waals surface area contributed by atoms with Gasteiger partial charge in [-0.25, -0.2) is 14.6 Å². The molecule has 0 unspecified atom stereocenters. The molecule has 4 aromatic heterocycles. The van der Waals surface area contributed by atoms with Gasteiger partial charge in [-0.2, -0.15) is 5.10 Å². The van der Waals surface area contributed by atoms with Gasteiger partial charge in [0.05, 0.1) is 29.4 Å². The quantitative estimate of drug-likeness (QED) is 0.521. The summed E-state index contributed by atoms with van der Waals surface area (Å²) in [7, 11) is 0. The standard InChI is InChI=1S/C20H21N5OS2/c1-12-8-14(18(26)24-19-23-16(11-28-19)20(2,3)4)15-9-21-25(17(15)22-12)10-13-6-5-7-27-13/h5-9,11H,10H2,1-4H3,(H,23,24,26). The molecule has 0 saturated carbocycles. The van der Waals surface area contributed by atoms with Gasteiger partial charge in [0.25, 0.3) is 5.91 Å². The van der Waals surface area contributed by atoms with Crippen LogP contribution in [-0.2, 0) is 12.0 Å². The summed E-state index contributed by atoms with van der Waals surface area (Å²) in [6.07, 6.45) is 1.72. The Morgan fingerprint density at radius 1 is 1.25 bits per heavy atom. The minimum atomic E-state index is -0.194. The molecule has 0 saturated heterocycles. The molecule has 144 valence electrons. The van der Waals surface area contributed by atoms with Gasteiger partial charge in [0, 0.05) is 21.4 Å². The molecule has 4 aromatic rings. The number of amides is 1. The van der Waals surface area contributed by atoms with E-state index < -0.39 is 0 Å². The van der Waals surface area contributed by atoms with Crippen molar-refractivity contribution < 1.29 is 4.79 Å². The molecule has 1 N–H and O–H groups in total. The lowest BCUT2D eigenvalue weighted by Gasteiger charge is -2.14. The number of carbonyl (C=O) groups excluding carboxylic acids is 1. The van der Waals surface area contributed by atoms with E-state index in [-0.39, 0.29) is 11.3 Å². The highest BCUT2D eigenvalue weighted by Gasteiger charge is 2.20. The summed E-state index contributed by atoms with van der Waals surface area (Å²) in [4.78, 5) is 23.3. The highest BCUT2D eigenvalue weighted by Crippen LogP contribution is 2.27. The van der Waals surface area contributed by atoms with Crippen molar-refractivity contribution in [3.8, 4) is 0 Å². The largest absolute Gasteiger partial charge is 0.298 e. The molecule has 4 rings (SSSR count). The highest BCUT2D eigenvalue weighted by molar-refractivity contribution is 7.14. The number of pyridine rings is 1. The van der Waals surface area contributed by atoms with Crippen molar-refractivity contribution in [2.45, 2.75) is 39.7 Å². The van der Waals surface area contributed by atoms with E-state index >= 15 is 0 Å². The maximum atomic E-state index is 13.0. The summed E-state index contributed by atoms with van der Waals surface area (Å²) < 4.78 is 1.84. The van der Waals surface area contributed by atoms with E-state index in [0.29, 0.717) is 22.9 Å². The number of thiazole rings is 1. The highest BCUT2D eigenvalue weighted by atomic mass is 32.1. The van der Waals surface area contributed by atoms with Crippen LogP contribution in [0.4, 0.5) is 5.13 Å². The topological polar surface area (TPSA) is 72.7 Å². The molecule has 28 heavy (non-hydrogen) atoms. The second kappa shape index (κ2) is 7.10. The van der Waals surface area contributed by atoms with Gasteiger partial charge in [-0.15, -0.1) is 22.7 Å². The molecule has 0 atom stereocenters. The van der Waals surface area contributed by atoms with E-state index in [4.69, 9.17) is 0 Å². The van der Waals surface area contributed by atoms with Crippen LogP contribution >= 0.6 is 22.7 Å². The lowest BCUT2D eigenvalue weighted by molar-refractivity contribution is 0.102. The first kappa shape index (κ1) is 18.8. The van der Waals surface area contributed by atoms with Crippen molar-refractivity contribution >= 4 is 44.7 Å². The molecule has 0 aromatic carbocycles. The number of fused-ring (bicyclic) bond motifs is 1. The number of nitrogens with zero attached hydrogens (tertiary/aromatic N) is 4. The molecule has 0 aliphatic heterocycles. The Balaban J connectivity index is 1.65. The van der Waals surface area contributed by atoms with E-state index in [9.17, 15) is 4.79 Å².